The van der Waals surface area contributed by atoms with Gasteiger partial charge in [0.1, 0.15) is 11.6 Å². The number of rotatable bonds is 12. The van der Waals surface area contributed by atoms with E-state index in [1.165, 1.54) is 63.9 Å². The lowest BCUT2D eigenvalue weighted by Gasteiger charge is -2.28. The Morgan fingerprint density at radius 1 is 0.871 bits per heavy atom. The molecule has 1 fully saturated rings. The fourth-order valence-electron chi connectivity index (χ4n) is 4.72. The van der Waals surface area contributed by atoms with Gasteiger partial charge in [-0.3, -0.25) is 0 Å². The molecule has 0 radical (unpaired) electrons. The lowest BCUT2D eigenvalue weighted by Crippen LogP contribution is -2.15. The summed E-state index contributed by atoms with van der Waals surface area (Å²) < 4.78 is 20.3. The zero-order valence-corrected chi connectivity index (χ0v) is 19.4. The molecule has 0 amide bonds. The molecular weight excluding hydrogens is 387 g/mol. The van der Waals surface area contributed by atoms with E-state index >= 15 is 0 Å². The van der Waals surface area contributed by atoms with Crippen molar-refractivity contribution in [2.75, 3.05) is 6.61 Å². The van der Waals surface area contributed by atoms with Crippen LogP contribution in [0, 0.1) is 17.7 Å². The van der Waals surface area contributed by atoms with Crippen molar-refractivity contribution < 1.29 is 9.13 Å². The summed E-state index contributed by atoms with van der Waals surface area (Å²) in [5.74, 6) is 2.04. The lowest BCUT2D eigenvalue weighted by atomic mass is 9.78. The van der Waals surface area contributed by atoms with Gasteiger partial charge >= 0.3 is 0 Å². The summed E-state index contributed by atoms with van der Waals surface area (Å²) in [6.07, 6.45) is 14.9. The summed E-state index contributed by atoms with van der Waals surface area (Å²) in [5, 5.41) is 8.68. The molecule has 0 bridgehead atoms. The third-order valence-electron chi connectivity index (χ3n) is 6.67. The van der Waals surface area contributed by atoms with Crippen LogP contribution in [0.4, 0.5) is 4.39 Å². The van der Waals surface area contributed by atoms with Crippen molar-refractivity contribution in [2.45, 2.75) is 90.9 Å². The van der Waals surface area contributed by atoms with Crippen LogP contribution in [-0.2, 0) is 6.42 Å². The first-order valence-electron chi connectivity index (χ1n) is 12.4. The van der Waals surface area contributed by atoms with Crippen LogP contribution in [0.15, 0.2) is 30.3 Å². The Morgan fingerprint density at radius 2 is 1.65 bits per heavy atom. The van der Waals surface area contributed by atoms with Crippen molar-refractivity contribution in [1.29, 1.82) is 0 Å². The molecule has 1 aromatic heterocycles. The van der Waals surface area contributed by atoms with Crippen LogP contribution in [-0.4, -0.2) is 16.8 Å². The summed E-state index contributed by atoms with van der Waals surface area (Å²) in [6.45, 7) is 5.11. The molecule has 0 spiro atoms. The lowest BCUT2D eigenvalue weighted by molar-refractivity contribution is 0.252. The van der Waals surface area contributed by atoms with Gasteiger partial charge in [-0.1, -0.05) is 71.6 Å². The van der Waals surface area contributed by atoms with E-state index in [2.05, 4.69) is 24.0 Å². The molecule has 0 N–H and O–H groups in total. The number of hydrogen-bond acceptors (Lipinski definition) is 3. The van der Waals surface area contributed by atoms with E-state index in [1.807, 2.05) is 18.2 Å². The van der Waals surface area contributed by atoms with Gasteiger partial charge in [0.2, 0.25) is 0 Å². The third kappa shape index (κ3) is 7.59. The minimum Gasteiger partial charge on any atom is -0.493 e. The van der Waals surface area contributed by atoms with E-state index in [9.17, 15) is 4.39 Å². The first-order valence-corrected chi connectivity index (χ1v) is 12.4. The Kier molecular flexibility index (Phi) is 9.77. The van der Waals surface area contributed by atoms with Crippen LogP contribution in [0.5, 0.6) is 5.75 Å². The minimum absolute atomic E-state index is 0.308. The van der Waals surface area contributed by atoms with Crippen molar-refractivity contribution in [3.8, 4) is 17.0 Å². The van der Waals surface area contributed by atoms with E-state index < -0.39 is 0 Å². The normalized spacial score (nSPS) is 18.8. The Labute approximate surface area is 187 Å². The second-order valence-corrected chi connectivity index (χ2v) is 9.17. The molecule has 1 aliphatic rings. The minimum atomic E-state index is -0.308. The molecule has 0 saturated heterocycles. The molecule has 31 heavy (non-hydrogen) atoms. The molecule has 3 nitrogen and oxygen atoms in total. The summed E-state index contributed by atoms with van der Waals surface area (Å²) in [4.78, 5) is 0. The number of hydrogen-bond donors (Lipinski definition) is 0. The summed E-state index contributed by atoms with van der Waals surface area (Å²) in [7, 11) is 0. The average molecular weight is 427 g/mol. The fraction of sp³-hybridized carbons (Fsp3) is 0.630. The number of unbranched alkanes of at least 4 members (excludes halogenated alkanes) is 3. The molecule has 170 valence electrons. The number of nitrogens with zero attached hydrogens (tertiary/aromatic N) is 2. The highest BCUT2D eigenvalue weighted by Crippen LogP contribution is 2.33. The van der Waals surface area contributed by atoms with Crippen LogP contribution >= 0.6 is 0 Å². The number of benzene rings is 1. The van der Waals surface area contributed by atoms with E-state index in [-0.39, 0.29) is 5.82 Å². The molecule has 1 aliphatic carbocycles. The molecule has 4 heteroatoms. The highest BCUT2D eigenvalue weighted by Gasteiger charge is 2.20. The number of aromatic nitrogens is 2. The van der Waals surface area contributed by atoms with E-state index in [4.69, 9.17) is 4.74 Å². The summed E-state index contributed by atoms with van der Waals surface area (Å²) in [6, 6.07) is 8.92. The van der Waals surface area contributed by atoms with Gasteiger partial charge in [-0.2, -0.15) is 10.2 Å². The zero-order chi connectivity index (χ0) is 21.9. The zero-order valence-electron chi connectivity index (χ0n) is 19.4. The van der Waals surface area contributed by atoms with Crippen LogP contribution in [0.25, 0.3) is 11.3 Å². The summed E-state index contributed by atoms with van der Waals surface area (Å²) in [5.41, 5.74) is 2.06. The summed E-state index contributed by atoms with van der Waals surface area (Å²) >= 11 is 0. The van der Waals surface area contributed by atoms with Crippen molar-refractivity contribution in [2.24, 2.45) is 11.8 Å². The monoisotopic (exact) mass is 426 g/mol. The van der Waals surface area contributed by atoms with Crippen LogP contribution in [0.3, 0.4) is 0 Å². The maximum atomic E-state index is 14.6. The molecule has 1 saturated carbocycles. The largest absolute Gasteiger partial charge is 0.493 e. The SMILES string of the molecule is CCCCCCOc1ccc(-c2ccc(CCC3CCC(CCC)CC3)nn2)c(F)c1. The highest BCUT2D eigenvalue weighted by atomic mass is 19.1. The Bertz CT molecular complexity index is 769. The standard InChI is InChI=1S/C27H39FN2O/c1-3-5-6-7-19-31-24-16-17-25(26(28)20-24)27-18-15-23(29-30-27)14-13-22-11-9-21(8-4-2)10-12-22/h15-18,20-22H,3-14,19H2,1-2H3. The highest BCUT2D eigenvalue weighted by molar-refractivity contribution is 5.60. The van der Waals surface area contributed by atoms with Gasteiger partial charge in [0.15, 0.2) is 0 Å². The van der Waals surface area contributed by atoms with Crippen molar-refractivity contribution in [3.63, 3.8) is 0 Å². The molecule has 0 unspecified atom stereocenters. The first kappa shape index (κ1) is 23.7. The van der Waals surface area contributed by atoms with Crippen molar-refractivity contribution in [3.05, 3.63) is 41.8 Å². The smallest absolute Gasteiger partial charge is 0.136 e. The van der Waals surface area contributed by atoms with Gasteiger partial charge in [-0.15, -0.1) is 0 Å². The quantitative estimate of drug-likeness (QED) is 0.325. The molecule has 1 heterocycles. The van der Waals surface area contributed by atoms with Gasteiger partial charge in [-0.05, 0) is 55.4 Å². The van der Waals surface area contributed by atoms with Gasteiger partial charge in [-0.25, -0.2) is 4.39 Å². The molecule has 2 aromatic rings. The van der Waals surface area contributed by atoms with E-state index in [0.717, 1.165) is 36.8 Å². The Balaban J connectivity index is 1.47. The number of ether oxygens (including phenoxy) is 1. The molecule has 0 aliphatic heterocycles. The Hall–Kier alpha value is -1.97. The van der Waals surface area contributed by atoms with E-state index in [1.54, 1.807) is 6.07 Å². The van der Waals surface area contributed by atoms with Gasteiger partial charge in [0.25, 0.3) is 0 Å². The number of halogens is 1. The maximum absolute atomic E-state index is 14.6. The molecule has 3 rings (SSSR count). The van der Waals surface area contributed by atoms with Crippen molar-refractivity contribution >= 4 is 0 Å². The maximum Gasteiger partial charge on any atom is 0.136 e. The van der Waals surface area contributed by atoms with Crippen LogP contribution in [0.2, 0.25) is 0 Å². The molecule has 0 atom stereocenters. The topological polar surface area (TPSA) is 35.0 Å². The van der Waals surface area contributed by atoms with Gasteiger partial charge in [0.05, 0.1) is 18.0 Å². The van der Waals surface area contributed by atoms with Crippen molar-refractivity contribution in [1.82, 2.24) is 10.2 Å². The van der Waals surface area contributed by atoms with E-state index in [0.29, 0.717) is 23.6 Å². The fourth-order valence-corrected chi connectivity index (χ4v) is 4.72. The van der Waals surface area contributed by atoms with Gasteiger partial charge in [0, 0.05) is 11.6 Å². The van der Waals surface area contributed by atoms with Crippen LogP contribution in [0.1, 0.15) is 90.2 Å². The second kappa shape index (κ2) is 12.8. The van der Waals surface area contributed by atoms with Crippen LogP contribution < -0.4 is 4.74 Å². The third-order valence-corrected chi connectivity index (χ3v) is 6.67. The van der Waals surface area contributed by atoms with Gasteiger partial charge < -0.3 is 4.74 Å². The number of aryl methyl sites for hydroxylation is 1. The predicted octanol–water partition coefficient (Wildman–Crippen LogP) is 7.78. The Morgan fingerprint density at radius 3 is 2.29 bits per heavy atom. The molecule has 1 aromatic carbocycles. The average Bonchev–Trinajstić information content (AvgIpc) is 2.79. The first-order chi connectivity index (χ1) is 15.2. The molecular formula is C27H39FN2O. The second-order valence-electron chi connectivity index (χ2n) is 9.17. The predicted molar refractivity (Wildman–Crippen MR) is 126 cm³/mol.